The highest BCUT2D eigenvalue weighted by Gasteiger charge is 2.49. The fourth-order valence-electron chi connectivity index (χ4n) is 3.82. The Morgan fingerprint density at radius 3 is 2.27 bits per heavy atom. The summed E-state index contributed by atoms with van der Waals surface area (Å²) in [5.74, 6) is -3.00. The van der Waals surface area contributed by atoms with E-state index < -0.39 is 72.6 Å². The van der Waals surface area contributed by atoms with Gasteiger partial charge in [-0.3, -0.25) is 4.79 Å². The first-order valence-corrected chi connectivity index (χ1v) is 9.87. The van der Waals surface area contributed by atoms with Crippen LogP contribution in [-0.2, 0) is 9.47 Å². The van der Waals surface area contributed by atoms with Crippen LogP contribution in [0.4, 0.5) is 0 Å². The molecule has 2 aliphatic heterocycles. The molecule has 0 amide bonds. The summed E-state index contributed by atoms with van der Waals surface area (Å²) in [6.07, 6.45) is -11.2. The summed E-state index contributed by atoms with van der Waals surface area (Å²) in [4.78, 5) is 13.3. The molecule has 0 spiro atoms. The van der Waals surface area contributed by atoms with Crippen LogP contribution in [0.3, 0.4) is 0 Å². The molecule has 2 heterocycles. The molecule has 33 heavy (non-hydrogen) atoms. The molecule has 0 aliphatic carbocycles. The molecule has 178 valence electrons. The van der Waals surface area contributed by atoms with Crippen LogP contribution in [0.15, 0.2) is 30.3 Å². The van der Waals surface area contributed by atoms with Crippen molar-refractivity contribution < 1.29 is 59.9 Å². The molecule has 1 saturated heterocycles. The zero-order chi connectivity index (χ0) is 24.0. The maximum Gasteiger partial charge on any atom is 0.203 e. The smallest absolute Gasteiger partial charge is 0.203 e. The minimum atomic E-state index is -1.82. The number of carbonyl (C=O) groups is 1. The van der Waals surface area contributed by atoms with Crippen molar-refractivity contribution in [3.63, 3.8) is 0 Å². The summed E-state index contributed by atoms with van der Waals surface area (Å²) in [7, 11) is 0. The molecule has 2 aliphatic rings. The Morgan fingerprint density at radius 1 is 0.879 bits per heavy atom. The molecule has 7 atom stereocenters. The number of fused-ring (bicyclic) bond motifs is 1. The average Bonchev–Trinajstić information content (AvgIpc) is 2.76. The Hall–Kier alpha value is -3.13. The minimum absolute atomic E-state index is 0.140. The molecule has 1 fully saturated rings. The maximum atomic E-state index is 13.3. The molecule has 0 aromatic heterocycles. The Balaban J connectivity index is 1.75. The number of ether oxygens (including phenoxy) is 3. The normalized spacial score (nSPS) is 31.6. The van der Waals surface area contributed by atoms with Gasteiger partial charge in [-0.2, -0.15) is 0 Å². The van der Waals surface area contributed by atoms with Gasteiger partial charge in [0.25, 0.3) is 0 Å². The lowest BCUT2D eigenvalue weighted by Gasteiger charge is -2.42. The molecule has 0 bridgehead atoms. The van der Waals surface area contributed by atoms with Crippen molar-refractivity contribution in [2.24, 2.45) is 0 Å². The summed E-state index contributed by atoms with van der Waals surface area (Å²) < 4.78 is 16.7. The lowest BCUT2D eigenvalue weighted by Crippen LogP contribution is -2.60. The van der Waals surface area contributed by atoms with E-state index in [0.29, 0.717) is 0 Å². The highest BCUT2D eigenvalue weighted by atomic mass is 16.7. The van der Waals surface area contributed by atoms with E-state index in [1.54, 1.807) is 0 Å². The third-order valence-electron chi connectivity index (χ3n) is 5.56. The highest BCUT2D eigenvalue weighted by Crippen LogP contribution is 2.44. The van der Waals surface area contributed by atoms with E-state index in [2.05, 4.69) is 0 Å². The van der Waals surface area contributed by atoms with Crippen LogP contribution < -0.4 is 4.74 Å². The summed E-state index contributed by atoms with van der Waals surface area (Å²) in [6.45, 7) is -0.724. The largest absolute Gasteiger partial charge is 0.508 e. The van der Waals surface area contributed by atoms with E-state index in [0.717, 1.165) is 24.3 Å². The van der Waals surface area contributed by atoms with E-state index in [9.17, 15) is 45.6 Å². The van der Waals surface area contributed by atoms with Crippen molar-refractivity contribution in [3.8, 4) is 28.7 Å². The predicted octanol–water partition coefficient (Wildman–Crippen LogP) is -0.990. The van der Waals surface area contributed by atoms with E-state index in [4.69, 9.17) is 14.2 Å². The standard InChI is InChI=1S/C21H22O12/c22-6-13-15(27)17(29)18(30)21(32-13)33-20-16(28)14-11(26)4-8(23)5-12(14)31-19(20)7-1-2-9(24)10(25)3-7/h1-5,13,15,17-27,29-30H,6H2/t13-,15+,17-,18-,19-,20-,21+/m1/s1. The van der Waals surface area contributed by atoms with E-state index in [1.807, 2.05) is 0 Å². The van der Waals surface area contributed by atoms with Crippen molar-refractivity contribution in [1.29, 1.82) is 0 Å². The molecule has 12 heteroatoms. The van der Waals surface area contributed by atoms with Crippen LogP contribution in [0, 0.1) is 0 Å². The Kier molecular flexibility index (Phi) is 6.05. The number of Topliss-reactive ketones (excluding diaryl/α,β-unsaturated/α-hetero) is 1. The second-order valence-electron chi connectivity index (χ2n) is 7.74. The molecule has 2 aromatic carbocycles. The summed E-state index contributed by atoms with van der Waals surface area (Å²) in [5.41, 5.74) is -0.191. The molecule has 0 unspecified atom stereocenters. The quantitative estimate of drug-likeness (QED) is 0.256. The van der Waals surface area contributed by atoms with Gasteiger partial charge in [0.2, 0.25) is 5.78 Å². The van der Waals surface area contributed by atoms with E-state index in [-0.39, 0.29) is 22.6 Å². The van der Waals surface area contributed by atoms with Crippen LogP contribution in [0.25, 0.3) is 0 Å². The van der Waals surface area contributed by atoms with Crippen molar-refractivity contribution in [2.75, 3.05) is 6.61 Å². The molecule has 2 aromatic rings. The van der Waals surface area contributed by atoms with Gasteiger partial charge in [-0.1, -0.05) is 6.07 Å². The highest BCUT2D eigenvalue weighted by molar-refractivity contribution is 6.05. The minimum Gasteiger partial charge on any atom is -0.508 e. The van der Waals surface area contributed by atoms with Crippen LogP contribution in [0.2, 0.25) is 0 Å². The van der Waals surface area contributed by atoms with Gasteiger partial charge in [0.15, 0.2) is 30.0 Å². The lowest BCUT2D eigenvalue weighted by atomic mass is 9.92. The van der Waals surface area contributed by atoms with Gasteiger partial charge in [0.1, 0.15) is 47.2 Å². The van der Waals surface area contributed by atoms with Crippen molar-refractivity contribution >= 4 is 5.78 Å². The number of phenolic OH excluding ortho intramolecular Hbond substituents is 4. The number of aromatic hydroxyl groups is 4. The fraction of sp³-hybridized carbons (Fsp3) is 0.381. The molecule has 12 nitrogen and oxygen atoms in total. The van der Waals surface area contributed by atoms with Gasteiger partial charge < -0.3 is 55.1 Å². The van der Waals surface area contributed by atoms with Crippen LogP contribution >= 0.6 is 0 Å². The van der Waals surface area contributed by atoms with Gasteiger partial charge in [-0.05, 0) is 17.7 Å². The van der Waals surface area contributed by atoms with E-state index in [1.165, 1.54) is 6.07 Å². The number of rotatable bonds is 4. The zero-order valence-corrected chi connectivity index (χ0v) is 16.8. The number of hydrogen-bond acceptors (Lipinski definition) is 12. The Labute approximate surface area is 186 Å². The van der Waals surface area contributed by atoms with Crippen molar-refractivity contribution in [2.45, 2.75) is 42.9 Å². The number of benzene rings is 2. The first kappa shape index (κ1) is 23.0. The van der Waals surface area contributed by atoms with Crippen LogP contribution in [-0.4, -0.2) is 90.1 Å². The van der Waals surface area contributed by atoms with Gasteiger partial charge in [-0.15, -0.1) is 0 Å². The lowest BCUT2D eigenvalue weighted by molar-refractivity contribution is -0.311. The fourth-order valence-corrected chi connectivity index (χ4v) is 3.82. The third kappa shape index (κ3) is 4.04. The first-order valence-electron chi connectivity index (χ1n) is 9.87. The molecule has 8 N–H and O–H groups in total. The molecule has 0 saturated carbocycles. The molecular formula is C21H22O12. The topological polar surface area (TPSA) is 207 Å². The number of aliphatic hydroxyl groups is 4. The first-order chi connectivity index (χ1) is 15.6. The summed E-state index contributed by atoms with van der Waals surface area (Å²) in [6, 6.07) is 5.57. The maximum absolute atomic E-state index is 13.3. The Morgan fingerprint density at radius 2 is 1.61 bits per heavy atom. The van der Waals surface area contributed by atoms with Crippen molar-refractivity contribution in [3.05, 3.63) is 41.5 Å². The molecular weight excluding hydrogens is 444 g/mol. The second-order valence-corrected chi connectivity index (χ2v) is 7.74. The van der Waals surface area contributed by atoms with E-state index >= 15 is 0 Å². The summed E-state index contributed by atoms with van der Waals surface area (Å²) in [5, 5.41) is 79.2. The Bertz CT molecular complexity index is 1050. The molecule has 0 radical (unpaired) electrons. The zero-order valence-electron chi connectivity index (χ0n) is 16.8. The predicted molar refractivity (Wildman–Crippen MR) is 106 cm³/mol. The van der Waals surface area contributed by atoms with Crippen LogP contribution in [0.5, 0.6) is 28.7 Å². The third-order valence-corrected chi connectivity index (χ3v) is 5.56. The number of carbonyl (C=O) groups excluding carboxylic acids is 1. The monoisotopic (exact) mass is 466 g/mol. The van der Waals surface area contributed by atoms with Gasteiger partial charge >= 0.3 is 0 Å². The van der Waals surface area contributed by atoms with Gasteiger partial charge in [0.05, 0.1) is 6.61 Å². The number of aliphatic hydroxyl groups excluding tert-OH is 4. The SMILES string of the molecule is O=C1c2c(O)cc(O)cc2O[C@H](c2ccc(O)c(O)c2)[C@@H]1O[C@@H]1O[C@H](CO)[C@H](O)[C@@H](O)[C@H]1O. The van der Waals surface area contributed by atoms with Crippen molar-refractivity contribution in [1.82, 2.24) is 0 Å². The second kappa shape index (κ2) is 8.67. The van der Waals surface area contributed by atoms with Crippen LogP contribution in [0.1, 0.15) is 22.0 Å². The average molecular weight is 466 g/mol. The number of ketones is 1. The number of hydrogen-bond donors (Lipinski definition) is 8. The number of phenols is 4. The van der Waals surface area contributed by atoms with Gasteiger partial charge in [-0.25, -0.2) is 0 Å². The van der Waals surface area contributed by atoms with Gasteiger partial charge in [0, 0.05) is 12.1 Å². The molecule has 4 rings (SSSR count). The summed E-state index contributed by atoms with van der Waals surface area (Å²) >= 11 is 0.